The first kappa shape index (κ1) is 16.9. The van der Waals surface area contributed by atoms with Gasteiger partial charge in [-0.2, -0.15) is 0 Å². The van der Waals surface area contributed by atoms with Crippen molar-refractivity contribution in [3.63, 3.8) is 0 Å². The molecule has 0 spiro atoms. The van der Waals surface area contributed by atoms with Crippen LogP contribution in [-0.2, 0) is 6.42 Å². The number of amides is 2. The first-order valence-electron chi connectivity index (χ1n) is 8.81. The molecule has 2 heterocycles. The maximum atomic E-state index is 12.1. The number of likely N-dealkylation sites (tertiary alicyclic amines) is 1. The molecule has 24 heavy (non-hydrogen) atoms. The maximum Gasteiger partial charge on any atom is 0.315 e. The second-order valence-corrected chi connectivity index (χ2v) is 6.46. The number of ether oxygens (including phenoxy) is 2. The highest BCUT2D eigenvalue weighted by Crippen LogP contribution is 2.34. The third-order valence-electron chi connectivity index (χ3n) is 4.67. The molecule has 1 unspecified atom stereocenters. The Hall–Kier alpha value is -1.95. The van der Waals surface area contributed by atoms with E-state index in [2.05, 4.69) is 15.5 Å². The fourth-order valence-electron chi connectivity index (χ4n) is 3.39. The van der Waals surface area contributed by atoms with Crippen LogP contribution in [0.4, 0.5) is 4.79 Å². The fourth-order valence-corrected chi connectivity index (χ4v) is 3.39. The van der Waals surface area contributed by atoms with Crippen molar-refractivity contribution in [2.45, 2.75) is 31.7 Å². The van der Waals surface area contributed by atoms with E-state index in [4.69, 9.17) is 9.47 Å². The summed E-state index contributed by atoms with van der Waals surface area (Å²) in [6.45, 7) is 4.38. The summed E-state index contributed by atoms with van der Waals surface area (Å²) in [6, 6.07) is 5.72. The van der Waals surface area contributed by atoms with Gasteiger partial charge in [-0.15, -0.1) is 0 Å². The Kier molecular flexibility index (Phi) is 5.80. The molecule has 1 saturated heterocycles. The topological polar surface area (TPSA) is 62.8 Å². The van der Waals surface area contributed by atoms with E-state index < -0.39 is 0 Å². The molecule has 0 saturated carbocycles. The van der Waals surface area contributed by atoms with Gasteiger partial charge in [0.2, 0.25) is 0 Å². The van der Waals surface area contributed by atoms with Gasteiger partial charge in [-0.25, -0.2) is 4.79 Å². The molecule has 3 rings (SSSR count). The fraction of sp³-hybridized carbons (Fsp3) is 0.611. The van der Waals surface area contributed by atoms with Crippen LogP contribution in [0.3, 0.4) is 0 Å². The molecule has 0 bridgehead atoms. The van der Waals surface area contributed by atoms with E-state index in [1.54, 1.807) is 7.11 Å². The summed E-state index contributed by atoms with van der Waals surface area (Å²) < 4.78 is 11.1. The summed E-state index contributed by atoms with van der Waals surface area (Å²) >= 11 is 0. The highest BCUT2D eigenvalue weighted by atomic mass is 16.5. The van der Waals surface area contributed by atoms with Crippen molar-refractivity contribution >= 4 is 6.03 Å². The number of urea groups is 1. The molecule has 1 aromatic rings. The monoisotopic (exact) mass is 333 g/mol. The largest absolute Gasteiger partial charge is 0.493 e. The minimum atomic E-state index is -0.119. The van der Waals surface area contributed by atoms with E-state index in [1.165, 1.54) is 19.3 Å². The van der Waals surface area contributed by atoms with Gasteiger partial charge in [0.15, 0.2) is 11.5 Å². The number of carbonyl (C=O) groups is 1. The molecule has 2 aliphatic rings. The van der Waals surface area contributed by atoms with Crippen LogP contribution in [0.25, 0.3) is 0 Å². The van der Waals surface area contributed by atoms with Crippen LogP contribution in [-0.4, -0.2) is 56.9 Å². The van der Waals surface area contributed by atoms with E-state index in [0.717, 1.165) is 43.1 Å². The molecule has 1 aromatic carbocycles. The number of hydrogen-bond acceptors (Lipinski definition) is 4. The summed E-state index contributed by atoms with van der Waals surface area (Å²) in [6.07, 6.45) is 4.63. The number of rotatable bonds is 5. The lowest BCUT2D eigenvalue weighted by atomic mass is 10.0. The third-order valence-corrected chi connectivity index (χ3v) is 4.67. The Labute approximate surface area is 143 Å². The zero-order valence-electron chi connectivity index (χ0n) is 14.3. The minimum absolute atomic E-state index is 0.0143. The number of hydrogen-bond donors (Lipinski definition) is 2. The lowest BCUT2D eigenvalue weighted by molar-refractivity contribution is 0.204. The van der Waals surface area contributed by atoms with Crippen LogP contribution in [0.15, 0.2) is 18.2 Å². The Morgan fingerprint density at radius 2 is 2.17 bits per heavy atom. The lowest BCUT2D eigenvalue weighted by Crippen LogP contribution is -2.48. The molecule has 1 atom stereocenters. The molecule has 2 aliphatic heterocycles. The van der Waals surface area contributed by atoms with Crippen molar-refractivity contribution in [1.82, 2.24) is 15.5 Å². The number of nitrogens with one attached hydrogen (secondary N) is 2. The van der Waals surface area contributed by atoms with Crippen LogP contribution < -0.4 is 20.1 Å². The summed E-state index contributed by atoms with van der Waals surface area (Å²) in [7, 11) is 1.64. The van der Waals surface area contributed by atoms with Gasteiger partial charge in [0, 0.05) is 18.7 Å². The number of piperidine rings is 1. The van der Waals surface area contributed by atoms with Gasteiger partial charge in [0.05, 0.1) is 13.2 Å². The molecular weight excluding hydrogens is 306 g/mol. The van der Waals surface area contributed by atoms with Crippen molar-refractivity contribution < 1.29 is 14.3 Å². The van der Waals surface area contributed by atoms with Crippen molar-refractivity contribution in [3.8, 4) is 11.5 Å². The predicted octanol–water partition coefficient (Wildman–Crippen LogP) is 1.78. The van der Waals surface area contributed by atoms with Gasteiger partial charge < -0.3 is 25.0 Å². The number of carbonyl (C=O) groups excluding carboxylic acids is 1. The standard InChI is InChI=1S/C18H27N3O3/c1-23-16-7-5-6-14-12-15(13-24-17(14)16)20-18(22)19-8-11-21-9-3-2-4-10-21/h5-7,15H,2-4,8-13H2,1H3,(H2,19,20,22). The van der Waals surface area contributed by atoms with E-state index in [1.807, 2.05) is 18.2 Å². The van der Waals surface area contributed by atoms with E-state index in [-0.39, 0.29) is 12.1 Å². The second-order valence-electron chi connectivity index (χ2n) is 6.46. The minimum Gasteiger partial charge on any atom is -0.493 e. The Morgan fingerprint density at radius 1 is 1.33 bits per heavy atom. The molecule has 0 radical (unpaired) electrons. The normalized spacial score (nSPS) is 20.6. The smallest absolute Gasteiger partial charge is 0.315 e. The average Bonchev–Trinajstić information content (AvgIpc) is 2.62. The number of methoxy groups -OCH3 is 1. The highest BCUT2D eigenvalue weighted by Gasteiger charge is 2.23. The van der Waals surface area contributed by atoms with Crippen LogP contribution in [0.1, 0.15) is 24.8 Å². The van der Waals surface area contributed by atoms with E-state index >= 15 is 0 Å². The van der Waals surface area contributed by atoms with Crippen LogP contribution >= 0.6 is 0 Å². The van der Waals surface area contributed by atoms with Gasteiger partial charge in [0.1, 0.15) is 6.61 Å². The molecule has 2 amide bonds. The number of benzene rings is 1. The summed E-state index contributed by atoms with van der Waals surface area (Å²) in [4.78, 5) is 14.5. The molecule has 0 aromatic heterocycles. The van der Waals surface area contributed by atoms with E-state index in [0.29, 0.717) is 13.2 Å². The number of fused-ring (bicyclic) bond motifs is 1. The maximum absolute atomic E-state index is 12.1. The zero-order chi connectivity index (χ0) is 16.8. The van der Waals surface area contributed by atoms with Gasteiger partial charge in [-0.1, -0.05) is 18.6 Å². The van der Waals surface area contributed by atoms with Crippen molar-refractivity contribution in [2.24, 2.45) is 0 Å². The molecule has 132 valence electrons. The quantitative estimate of drug-likeness (QED) is 0.862. The SMILES string of the molecule is COc1cccc2c1OCC(NC(=O)NCCN1CCCCC1)C2. The molecular formula is C18H27N3O3. The van der Waals surface area contributed by atoms with Crippen LogP contribution in [0, 0.1) is 0 Å². The zero-order valence-corrected chi connectivity index (χ0v) is 14.3. The molecule has 1 fully saturated rings. The van der Waals surface area contributed by atoms with Crippen LogP contribution in [0.2, 0.25) is 0 Å². The van der Waals surface area contributed by atoms with E-state index in [9.17, 15) is 4.79 Å². The lowest BCUT2D eigenvalue weighted by Gasteiger charge is -2.28. The third kappa shape index (κ3) is 4.32. The van der Waals surface area contributed by atoms with Crippen LogP contribution in [0.5, 0.6) is 11.5 Å². The Balaban J connectivity index is 1.42. The Bertz CT molecular complexity index is 558. The first-order chi connectivity index (χ1) is 11.8. The molecule has 0 aliphatic carbocycles. The molecule has 2 N–H and O–H groups in total. The molecule has 6 heteroatoms. The van der Waals surface area contributed by atoms with Crippen molar-refractivity contribution in [2.75, 3.05) is 39.9 Å². The second kappa shape index (κ2) is 8.24. The summed E-state index contributed by atoms with van der Waals surface area (Å²) in [5, 5.41) is 5.95. The average molecular weight is 333 g/mol. The number of para-hydroxylation sites is 1. The highest BCUT2D eigenvalue weighted by molar-refractivity contribution is 5.74. The van der Waals surface area contributed by atoms with Crippen molar-refractivity contribution in [3.05, 3.63) is 23.8 Å². The summed E-state index contributed by atoms with van der Waals surface area (Å²) in [5.41, 5.74) is 1.07. The Morgan fingerprint density at radius 3 is 2.96 bits per heavy atom. The number of nitrogens with zero attached hydrogens (tertiary/aromatic N) is 1. The van der Waals surface area contributed by atoms with Crippen molar-refractivity contribution in [1.29, 1.82) is 0 Å². The molecule has 6 nitrogen and oxygen atoms in total. The summed E-state index contributed by atoms with van der Waals surface area (Å²) in [5.74, 6) is 1.54. The van der Waals surface area contributed by atoms with Gasteiger partial charge in [0.25, 0.3) is 0 Å². The predicted molar refractivity (Wildman–Crippen MR) is 92.8 cm³/mol. The van der Waals surface area contributed by atoms with Gasteiger partial charge in [-0.3, -0.25) is 0 Å². The first-order valence-corrected chi connectivity index (χ1v) is 8.81. The van der Waals surface area contributed by atoms with Gasteiger partial charge in [-0.05, 0) is 38.4 Å². The van der Waals surface area contributed by atoms with Gasteiger partial charge >= 0.3 is 6.03 Å².